The topological polar surface area (TPSA) is 241 Å². The van der Waals surface area contributed by atoms with Crippen LogP contribution >= 0.6 is 81.9 Å². The quantitative estimate of drug-likeness (QED) is 0.00822. The molecule has 1 saturated heterocycles. The summed E-state index contributed by atoms with van der Waals surface area (Å²) in [5.41, 5.74) is 3.58. The molecule has 0 bridgehead atoms. The van der Waals surface area contributed by atoms with Gasteiger partial charge in [-0.25, -0.2) is 27.4 Å². The van der Waals surface area contributed by atoms with E-state index in [0.717, 1.165) is 91.9 Å². The minimum atomic E-state index is -4.99. The van der Waals surface area contributed by atoms with Crippen LogP contribution in [0.1, 0.15) is 43.9 Å². The van der Waals surface area contributed by atoms with Gasteiger partial charge in [-0.3, -0.25) is 19.6 Å². The van der Waals surface area contributed by atoms with Gasteiger partial charge in [0.05, 0.1) is 44.7 Å². The van der Waals surface area contributed by atoms with E-state index in [9.17, 15) is 57.9 Å². The van der Waals surface area contributed by atoms with E-state index in [1.54, 1.807) is 37.6 Å². The second kappa shape index (κ2) is 43.4. The molecule has 0 saturated carbocycles. The Morgan fingerprint density at radius 2 is 1.04 bits per heavy atom. The normalized spacial score (nSPS) is 11.8. The molecular weight excluding hydrogens is 1690 g/mol. The maximum absolute atomic E-state index is 13.9. The van der Waals surface area contributed by atoms with Crippen molar-refractivity contribution in [3.63, 3.8) is 0 Å². The number of carbonyl (C=O) groups excluding carboxylic acids is 3. The molecule has 2 N–H and O–H groups in total. The molecule has 4 heterocycles. The third-order valence-electron chi connectivity index (χ3n) is 15.8. The van der Waals surface area contributed by atoms with Gasteiger partial charge in [0.15, 0.2) is 11.8 Å². The van der Waals surface area contributed by atoms with Crippen LogP contribution in [0.3, 0.4) is 0 Å². The average molecular weight is 1750 g/mol. The van der Waals surface area contributed by atoms with Gasteiger partial charge in [0.25, 0.3) is 5.91 Å². The Bertz CT molecular complexity index is 5700. The van der Waals surface area contributed by atoms with Crippen LogP contribution in [-0.2, 0) is 37.4 Å². The molecule has 0 atom stereocenters. The number of aromatic nitrogens is 3. The smallest absolute Gasteiger partial charge is 0.535 e. The largest absolute Gasteiger partial charge is 0.569 e. The number of imide groups is 1. The molecule has 12 aromatic rings. The summed E-state index contributed by atoms with van der Waals surface area (Å²) in [6, 6.07) is 56.9. The standard InChI is InChI=1S/C23H18ClNOS.C22H11ClF5NO4S.C16H12ClNS.C8H7BF3O3.C6H5NO.C5H6Cl2N2O2.CH4O/c1-26-22-14-18(24)7-9-21(22)23-20-10-8-19(13-17(20)11-12-25-23)27-15-16-5-3-2-4-6-16;1-32-15-9-11(23)2-4-14(15)21-13-5-3-12(8-10(13)6-7-29-21)34(30,31)33-22-19(27)17(25)16(24)18(26)20(22)28;17-16-15-7-6-14(10-13(15)8-9-18-16)19-11-12-4-2-1-3-5-12;1-14-7-4-5(8(10,11)12)2-3-6(7)15-9-13;1-6(8)4-2-3-5-7;1-5(2)3(10)8(6)4(11)9(5)7;1-2/h2-14H,15H2,1H3;2-9H,1H3;1-10H,11H2;2-4,13H,1H3;4H2,1H3;1-2H3;2H,1H3. The number of hydrogen-bond donors (Lipinski definition) is 2. The van der Waals surface area contributed by atoms with Crippen LogP contribution in [0.5, 0.6) is 28.7 Å². The van der Waals surface area contributed by atoms with Crippen molar-refractivity contribution in [1.82, 2.24) is 23.8 Å². The van der Waals surface area contributed by atoms with Crippen molar-refractivity contribution in [3.8, 4) is 69.2 Å². The number of aliphatic hydroxyl groups is 1. The number of alkyl halides is 3. The summed E-state index contributed by atoms with van der Waals surface area (Å²) in [6.45, 7) is 4.47. The minimum absolute atomic E-state index is 0.00671. The third-order valence-corrected chi connectivity index (χ3v) is 20.8. The summed E-state index contributed by atoms with van der Waals surface area (Å²) in [5.74, 6) is -6.95. The summed E-state index contributed by atoms with van der Waals surface area (Å²) in [7, 11) is 0.667. The zero-order chi connectivity index (χ0) is 85.2. The summed E-state index contributed by atoms with van der Waals surface area (Å²) < 4.78 is 155. The van der Waals surface area contributed by atoms with Gasteiger partial charge in [-0.2, -0.15) is 40.1 Å². The lowest BCUT2D eigenvalue weighted by molar-refractivity contribution is -0.137. The number of carbonyl (C=O) groups is 3. The van der Waals surface area contributed by atoms with E-state index in [1.807, 2.05) is 78.3 Å². The number of halogens is 13. The number of thioether (sulfide) groups is 2. The summed E-state index contributed by atoms with van der Waals surface area (Å²) in [6.07, 6.45) is 0.725. The van der Waals surface area contributed by atoms with Crippen LogP contribution in [0.25, 0.3) is 54.8 Å². The fourth-order valence-electron chi connectivity index (χ4n) is 10.1. The molecule has 1 fully saturated rings. The van der Waals surface area contributed by atoms with E-state index in [4.69, 9.17) is 83.2 Å². The van der Waals surface area contributed by atoms with Crippen LogP contribution in [0, 0.1) is 52.3 Å². The molecule has 13 rings (SSSR count). The summed E-state index contributed by atoms with van der Waals surface area (Å²) in [4.78, 5) is 47.0. The van der Waals surface area contributed by atoms with Crippen molar-refractivity contribution in [2.45, 2.75) is 65.1 Å². The highest BCUT2D eigenvalue weighted by Gasteiger charge is 2.51. The number of benzene rings is 9. The fraction of sp³-hybridized carbons (Fsp3) is 0.148. The van der Waals surface area contributed by atoms with E-state index in [1.165, 1.54) is 74.2 Å². The Kier molecular flexibility index (Phi) is 34.6. The van der Waals surface area contributed by atoms with Crippen molar-refractivity contribution in [1.29, 1.82) is 5.26 Å². The second-order valence-corrected chi connectivity index (χ2v) is 29.4. The van der Waals surface area contributed by atoms with Crippen molar-refractivity contribution in [2.75, 3.05) is 28.4 Å². The molecule has 35 heteroatoms. The number of nitrogens with zero attached hydrogens (tertiary/aromatic N) is 6. The maximum atomic E-state index is 13.9. The molecule has 9 aromatic carbocycles. The molecule has 3 amide bonds. The lowest BCUT2D eigenvalue weighted by atomic mass is 10.0. The number of ether oxygens (including phenoxy) is 3. The zero-order valence-corrected chi connectivity index (χ0v) is 67.9. The van der Waals surface area contributed by atoms with Crippen molar-refractivity contribution in [3.05, 3.63) is 268 Å². The fourth-order valence-corrected chi connectivity index (χ4v) is 13.9. The van der Waals surface area contributed by atoms with Gasteiger partial charge < -0.3 is 33.2 Å². The molecule has 1 aliphatic heterocycles. The first-order valence-electron chi connectivity index (χ1n) is 33.2. The minimum Gasteiger partial charge on any atom is -0.535 e. The van der Waals surface area contributed by atoms with E-state index >= 15 is 0 Å². The van der Waals surface area contributed by atoms with Crippen LogP contribution in [0.15, 0.2) is 221 Å². The highest BCUT2D eigenvalue weighted by atomic mass is 35.5. The van der Waals surface area contributed by atoms with Gasteiger partial charge in [-0.1, -0.05) is 120 Å². The lowest BCUT2D eigenvalue weighted by Gasteiger charge is -2.18. The second-order valence-electron chi connectivity index (χ2n) is 23.8. The molecule has 18 nitrogen and oxygen atoms in total. The van der Waals surface area contributed by atoms with Gasteiger partial charge in [-0.05, 0) is 157 Å². The number of pyridine rings is 3. The number of urea groups is 1. The molecule has 0 unspecified atom stereocenters. The average Bonchev–Trinajstić information content (AvgIpc) is 0.865. The van der Waals surface area contributed by atoms with Gasteiger partial charge in [-0.15, -0.1) is 23.5 Å². The van der Waals surface area contributed by atoms with Gasteiger partial charge in [0, 0.05) is 114 Å². The summed E-state index contributed by atoms with van der Waals surface area (Å²) in [5, 5.41) is 30.0. The lowest BCUT2D eigenvalue weighted by Crippen LogP contribution is -2.38. The number of hydrogen-bond acceptors (Lipinski definition) is 18. The van der Waals surface area contributed by atoms with E-state index in [2.05, 4.69) is 119 Å². The molecule has 0 aliphatic carbocycles. The SMILES string of the molecule is CC(=O)CC#CC#N.CC1(C)C(=O)N(Cl)C(=O)N1Cl.CO.COc1cc(C(F)(F)F)ccc1O[B]O.COc1cc(Cl)ccc1-c1nccc2cc(S(=O)(=O)Oc3c(F)c(F)c(F)c(F)c3F)ccc12.COc1cc(Cl)ccc1-c1nccc2cc(SCc3ccccc3)ccc12.Clc1nccc2cc(SCc3ccccc3)ccc12. The van der Waals surface area contributed by atoms with Crippen LogP contribution < -0.4 is 23.0 Å². The number of fused-ring (bicyclic) bond motifs is 3. The Hall–Kier alpha value is -10.6. The predicted octanol–water partition coefficient (Wildman–Crippen LogP) is 21.1. The van der Waals surface area contributed by atoms with Crippen molar-refractivity contribution >= 4 is 150 Å². The number of amides is 3. The monoisotopic (exact) mass is 1750 g/mol. The zero-order valence-electron chi connectivity index (χ0n) is 61.6. The Morgan fingerprint density at radius 3 is 1.47 bits per heavy atom. The Balaban J connectivity index is 0.000000203. The van der Waals surface area contributed by atoms with E-state index in [0.29, 0.717) is 55.1 Å². The molecule has 0 spiro atoms. The molecule has 601 valence electrons. The highest BCUT2D eigenvalue weighted by Crippen LogP contribution is 2.41. The molecule has 1 aliphatic rings. The van der Waals surface area contributed by atoms with Gasteiger partial charge in [0.1, 0.15) is 38.6 Å². The number of nitriles is 1. The first-order chi connectivity index (χ1) is 55.3. The van der Waals surface area contributed by atoms with Crippen molar-refractivity contribution < 1.29 is 91.1 Å². The number of aliphatic hydroxyl groups excluding tert-OH is 1. The highest BCUT2D eigenvalue weighted by molar-refractivity contribution is 7.98. The first-order valence-corrected chi connectivity index (χ1v) is 38.4. The first kappa shape index (κ1) is 92.6. The van der Waals surface area contributed by atoms with Crippen LogP contribution in [0.2, 0.25) is 15.2 Å². The summed E-state index contributed by atoms with van der Waals surface area (Å²) >= 11 is 32.6. The molecular formula is C81H63BCl5F8N6O12S3. The van der Waals surface area contributed by atoms with Gasteiger partial charge in [0.2, 0.25) is 34.8 Å². The number of methoxy groups -OCH3 is 3. The van der Waals surface area contributed by atoms with Crippen LogP contribution in [-0.4, -0.2) is 102 Å². The Labute approximate surface area is 695 Å². The predicted molar refractivity (Wildman–Crippen MR) is 434 cm³/mol. The number of ketones is 1. The molecule has 3 aromatic heterocycles. The van der Waals surface area contributed by atoms with Crippen molar-refractivity contribution in [2.24, 2.45) is 0 Å². The van der Waals surface area contributed by atoms with E-state index in [-0.39, 0.29) is 23.7 Å². The number of Topliss-reactive ketones (excluding diaryl/α,β-unsaturated/α-hetero) is 1. The number of rotatable bonds is 17. The Morgan fingerprint density at radius 1 is 0.586 bits per heavy atom. The van der Waals surface area contributed by atoms with Crippen LogP contribution in [0.4, 0.5) is 39.9 Å². The maximum Gasteiger partial charge on any atom is 0.569 e. The molecule has 1 radical (unpaired) electrons. The van der Waals surface area contributed by atoms with E-state index < -0.39 is 79.1 Å². The molecule has 116 heavy (non-hydrogen) atoms. The third kappa shape index (κ3) is 24.5. The van der Waals surface area contributed by atoms with Gasteiger partial charge >= 0.3 is 30.0 Å².